The molecule has 4 atom stereocenters. The summed E-state index contributed by atoms with van der Waals surface area (Å²) in [6, 6.07) is 10.2. The highest BCUT2D eigenvalue weighted by Crippen LogP contribution is 2.30. The van der Waals surface area contributed by atoms with Crippen molar-refractivity contribution >= 4 is 17.7 Å². The van der Waals surface area contributed by atoms with E-state index in [0.29, 0.717) is 11.2 Å². The Bertz CT molecular complexity index is 465. The maximum absolute atomic E-state index is 12.8. The van der Waals surface area contributed by atoms with Gasteiger partial charge in [-0.15, -0.1) is 0 Å². The summed E-state index contributed by atoms with van der Waals surface area (Å²) in [5, 5.41) is 4.00. The molecule has 1 heterocycles. The fraction of sp³-hybridized carbons (Fsp3) is 0.588. The van der Waals surface area contributed by atoms with E-state index < -0.39 is 0 Å². The highest BCUT2D eigenvalue weighted by atomic mass is 32.2. The molecule has 1 fully saturated rings. The summed E-state index contributed by atoms with van der Waals surface area (Å²) in [4.78, 5) is 14.8. The van der Waals surface area contributed by atoms with Crippen LogP contribution in [0, 0.1) is 5.92 Å². The minimum absolute atomic E-state index is 0.00676. The Balaban J connectivity index is 2.25. The summed E-state index contributed by atoms with van der Waals surface area (Å²) in [5.74, 6) is 0.609. The third-order valence-corrected chi connectivity index (χ3v) is 5.34. The number of nitrogens with one attached hydrogen (secondary N) is 1. The fourth-order valence-electron chi connectivity index (χ4n) is 2.74. The van der Waals surface area contributed by atoms with Gasteiger partial charge in [0, 0.05) is 11.8 Å². The summed E-state index contributed by atoms with van der Waals surface area (Å²) >= 11 is 1.80. The van der Waals surface area contributed by atoms with E-state index >= 15 is 0 Å². The maximum atomic E-state index is 12.8. The molecule has 0 bridgehead atoms. The number of thioether (sulfide) groups is 1. The number of hydrogen-bond acceptors (Lipinski definition) is 3. The summed E-state index contributed by atoms with van der Waals surface area (Å²) in [7, 11) is 0. The van der Waals surface area contributed by atoms with Crippen LogP contribution < -0.4 is 5.32 Å². The van der Waals surface area contributed by atoms with Crippen LogP contribution in [-0.4, -0.2) is 34.9 Å². The first-order chi connectivity index (χ1) is 10.1. The Morgan fingerprint density at radius 1 is 1.29 bits per heavy atom. The molecule has 3 nitrogen and oxygen atoms in total. The fourth-order valence-corrected chi connectivity index (χ4v) is 3.05. The van der Waals surface area contributed by atoms with Crippen molar-refractivity contribution in [1.29, 1.82) is 0 Å². The van der Waals surface area contributed by atoms with Crippen molar-refractivity contribution in [2.75, 3.05) is 12.8 Å². The molecule has 1 saturated heterocycles. The van der Waals surface area contributed by atoms with E-state index in [-0.39, 0.29) is 18.1 Å². The molecule has 0 spiro atoms. The van der Waals surface area contributed by atoms with Crippen molar-refractivity contribution in [1.82, 2.24) is 10.2 Å². The van der Waals surface area contributed by atoms with Crippen LogP contribution in [0.15, 0.2) is 30.3 Å². The molecule has 4 unspecified atom stereocenters. The predicted molar refractivity (Wildman–Crippen MR) is 90.3 cm³/mol. The van der Waals surface area contributed by atoms with Gasteiger partial charge in [0.2, 0.25) is 5.91 Å². The normalized spacial score (nSPS) is 25.1. The average molecular weight is 306 g/mol. The molecular formula is C17H26N2OS. The lowest BCUT2D eigenvalue weighted by Gasteiger charge is -2.26. The number of carbonyl (C=O) groups excluding carboxylic acids is 1. The smallest absolute Gasteiger partial charge is 0.241 e. The number of nitrogens with zero attached hydrogens (tertiary/aromatic N) is 1. The zero-order chi connectivity index (χ0) is 15.4. The van der Waals surface area contributed by atoms with Crippen LogP contribution in [0.3, 0.4) is 0 Å². The zero-order valence-corrected chi connectivity index (χ0v) is 14.2. The van der Waals surface area contributed by atoms with Gasteiger partial charge in [-0.05, 0) is 17.7 Å². The quantitative estimate of drug-likeness (QED) is 0.875. The first kappa shape index (κ1) is 16.4. The first-order valence-electron chi connectivity index (χ1n) is 7.72. The van der Waals surface area contributed by atoms with Crippen LogP contribution in [0.2, 0.25) is 0 Å². The molecule has 1 aromatic carbocycles. The number of carbonyl (C=O) groups is 1. The number of rotatable bonds is 6. The second-order valence-electron chi connectivity index (χ2n) is 5.88. The summed E-state index contributed by atoms with van der Waals surface area (Å²) in [5.41, 5.74) is 1.17. The van der Waals surface area contributed by atoms with Crippen LogP contribution in [0.4, 0.5) is 0 Å². The first-order valence-corrected chi connectivity index (χ1v) is 9.01. The third-order valence-electron chi connectivity index (χ3n) is 4.38. The van der Waals surface area contributed by atoms with E-state index in [9.17, 15) is 4.79 Å². The topological polar surface area (TPSA) is 32.3 Å². The van der Waals surface area contributed by atoms with Crippen molar-refractivity contribution in [3.8, 4) is 0 Å². The lowest BCUT2D eigenvalue weighted by molar-refractivity contribution is -0.130. The standard InChI is InChI=1S/C17H26N2OS/c1-5-12(2)15-17(20)19(11-13(3)21-4)16(18-15)14-9-7-6-8-10-14/h6-10,12-13,15-16,18H,5,11H2,1-4H3. The van der Waals surface area contributed by atoms with Crippen LogP contribution in [0.5, 0.6) is 0 Å². The second kappa shape index (κ2) is 7.32. The molecule has 1 aromatic rings. The van der Waals surface area contributed by atoms with E-state index in [1.165, 1.54) is 5.56 Å². The molecule has 21 heavy (non-hydrogen) atoms. The lowest BCUT2D eigenvalue weighted by Crippen LogP contribution is -2.37. The Morgan fingerprint density at radius 2 is 1.95 bits per heavy atom. The molecular weight excluding hydrogens is 280 g/mol. The lowest BCUT2D eigenvalue weighted by atomic mass is 9.99. The van der Waals surface area contributed by atoms with Crippen LogP contribution >= 0.6 is 11.8 Å². The van der Waals surface area contributed by atoms with Gasteiger partial charge in [0.15, 0.2) is 0 Å². The van der Waals surface area contributed by atoms with Gasteiger partial charge in [0.25, 0.3) is 0 Å². The molecule has 2 rings (SSSR count). The summed E-state index contributed by atoms with van der Waals surface area (Å²) < 4.78 is 0. The van der Waals surface area contributed by atoms with Gasteiger partial charge in [0.1, 0.15) is 6.17 Å². The molecule has 0 saturated carbocycles. The van der Waals surface area contributed by atoms with Gasteiger partial charge in [0.05, 0.1) is 6.04 Å². The number of amides is 1. The molecule has 1 amide bonds. The highest BCUT2D eigenvalue weighted by Gasteiger charge is 2.41. The van der Waals surface area contributed by atoms with Gasteiger partial charge in [-0.2, -0.15) is 11.8 Å². The minimum atomic E-state index is -0.0609. The van der Waals surface area contributed by atoms with Crippen LogP contribution in [0.25, 0.3) is 0 Å². The van der Waals surface area contributed by atoms with Crippen LogP contribution in [-0.2, 0) is 4.79 Å². The van der Waals surface area contributed by atoms with Crippen molar-refractivity contribution < 1.29 is 4.79 Å². The second-order valence-corrected chi connectivity index (χ2v) is 7.16. The van der Waals surface area contributed by atoms with Gasteiger partial charge in [-0.25, -0.2) is 0 Å². The SMILES string of the molecule is CCC(C)C1NC(c2ccccc2)N(CC(C)SC)C1=O. The van der Waals surface area contributed by atoms with E-state index in [0.717, 1.165) is 13.0 Å². The van der Waals surface area contributed by atoms with Gasteiger partial charge >= 0.3 is 0 Å². The molecule has 116 valence electrons. The molecule has 1 N–H and O–H groups in total. The van der Waals surface area contributed by atoms with Crippen molar-refractivity contribution in [3.05, 3.63) is 35.9 Å². The highest BCUT2D eigenvalue weighted by molar-refractivity contribution is 7.99. The van der Waals surface area contributed by atoms with Gasteiger partial charge in [-0.3, -0.25) is 10.1 Å². The molecule has 4 heteroatoms. The van der Waals surface area contributed by atoms with Gasteiger partial charge < -0.3 is 4.90 Å². The molecule has 0 aromatic heterocycles. The van der Waals surface area contributed by atoms with Crippen molar-refractivity contribution in [2.24, 2.45) is 5.92 Å². The Labute approximate surface area is 132 Å². The zero-order valence-electron chi connectivity index (χ0n) is 13.4. The molecule has 0 radical (unpaired) electrons. The van der Waals surface area contributed by atoms with Crippen LogP contribution in [0.1, 0.15) is 38.9 Å². The largest absolute Gasteiger partial charge is 0.320 e. The Kier molecular flexibility index (Phi) is 5.71. The van der Waals surface area contributed by atoms with E-state index in [1.807, 2.05) is 23.1 Å². The van der Waals surface area contributed by atoms with Gasteiger partial charge in [-0.1, -0.05) is 57.5 Å². The third kappa shape index (κ3) is 3.61. The van der Waals surface area contributed by atoms with Crippen molar-refractivity contribution in [2.45, 2.75) is 44.6 Å². The number of benzene rings is 1. The van der Waals surface area contributed by atoms with E-state index in [2.05, 4.69) is 44.5 Å². The minimum Gasteiger partial charge on any atom is -0.320 e. The Morgan fingerprint density at radius 3 is 2.52 bits per heavy atom. The average Bonchev–Trinajstić information content (AvgIpc) is 2.84. The summed E-state index contributed by atoms with van der Waals surface area (Å²) in [6.07, 6.45) is 3.12. The van der Waals surface area contributed by atoms with Crippen molar-refractivity contribution in [3.63, 3.8) is 0 Å². The van der Waals surface area contributed by atoms with E-state index in [1.54, 1.807) is 11.8 Å². The van der Waals surface area contributed by atoms with E-state index in [4.69, 9.17) is 0 Å². The molecule has 0 aliphatic carbocycles. The maximum Gasteiger partial charge on any atom is 0.241 e. The predicted octanol–water partition coefficient (Wildman–Crippen LogP) is 3.28. The molecule has 1 aliphatic heterocycles. The summed E-state index contributed by atoms with van der Waals surface area (Å²) in [6.45, 7) is 7.26. The Hall–Kier alpha value is -1.00. The molecule has 1 aliphatic rings. The number of hydrogen-bond donors (Lipinski definition) is 1. The monoisotopic (exact) mass is 306 g/mol.